The molecule has 0 bridgehead atoms. The van der Waals surface area contributed by atoms with Crippen molar-refractivity contribution < 1.29 is 0 Å². The van der Waals surface area contributed by atoms with Crippen molar-refractivity contribution in [2.45, 2.75) is 0 Å². The van der Waals surface area contributed by atoms with Crippen LogP contribution in [0.4, 0.5) is 0 Å². The SMILES string of the molecule is N/N=C/c1ccc2ccccc2c1. The lowest BCUT2D eigenvalue weighted by atomic mass is 10.1. The Morgan fingerprint density at radius 1 is 1.00 bits per heavy atom. The number of benzene rings is 2. The lowest BCUT2D eigenvalue weighted by Gasteiger charge is -1.97. The van der Waals surface area contributed by atoms with Crippen molar-refractivity contribution in [3.63, 3.8) is 0 Å². The molecule has 0 aliphatic rings. The molecule has 0 saturated carbocycles. The Bertz CT molecular complexity index is 447. The van der Waals surface area contributed by atoms with E-state index in [1.165, 1.54) is 10.8 Å². The lowest BCUT2D eigenvalue weighted by Crippen LogP contribution is -1.85. The molecule has 2 nitrogen and oxygen atoms in total. The summed E-state index contributed by atoms with van der Waals surface area (Å²) in [4.78, 5) is 0. The molecule has 2 aromatic rings. The molecule has 64 valence electrons. The quantitative estimate of drug-likeness (QED) is 0.397. The van der Waals surface area contributed by atoms with Gasteiger partial charge in [-0.2, -0.15) is 5.10 Å². The lowest BCUT2D eigenvalue weighted by molar-refractivity contribution is 1.26. The zero-order chi connectivity index (χ0) is 9.10. The van der Waals surface area contributed by atoms with Crippen LogP contribution in [0.25, 0.3) is 10.8 Å². The normalized spacial score (nSPS) is 11.1. The van der Waals surface area contributed by atoms with E-state index in [-0.39, 0.29) is 0 Å². The fourth-order valence-electron chi connectivity index (χ4n) is 1.37. The summed E-state index contributed by atoms with van der Waals surface area (Å²) in [5.41, 5.74) is 1.03. The highest BCUT2D eigenvalue weighted by Crippen LogP contribution is 2.14. The monoisotopic (exact) mass is 170 g/mol. The Morgan fingerprint density at radius 2 is 1.77 bits per heavy atom. The Labute approximate surface area is 76.7 Å². The minimum absolute atomic E-state index is 1.03. The number of hydrogen-bond donors (Lipinski definition) is 1. The molecule has 2 rings (SSSR count). The number of fused-ring (bicyclic) bond motifs is 1. The molecule has 0 atom stereocenters. The zero-order valence-corrected chi connectivity index (χ0v) is 7.14. The fourth-order valence-corrected chi connectivity index (χ4v) is 1.37. The average Bonchev–Trinajstić information content (AvgIpc) is 2.18. The van der Waals surface area contributed by atoms with Crippen LogP contribution in [0.15, 0.2) is 47.6 Å². The molecule has 0 aromatic heterocycles. The molecular formula is C11H10N2. The predicted octanol–water partition coefficient (Wildman–Crippen LogP) is 2.13. The zero-order valence-electron chi connectivity index (χ0n) is 7.14. The van der Waals surface area contributed by atoms with Gasteiger partial charge in [0.05, 0.1) is 6.21 Å². The van der Waals surface area contributed by atoms with E-state index >= 15 is 0 Å². The van der Waals surface area contributed by atoms with Crippen molar-refractivity contribution in [2.24, 2.45) is 10.9 Å². The van der Waals surface area contributed by atoms with E-state index in [4.69, 9.17) is 5.84 Å². The highest BCUT2D eigenvalue weighted by atomic mass is 15.1. The summed E-state index contributed by atoms with van der Waals surface area (Å²) < 4.78 is 0. The van der Waals surface area contributed by atoms with E-state index in [0.717, 1.165) is 5.56 Å². The molecular weight excluding hydrogens is 160 g/mol. The molecule has 0 heterocycles. The van der Waals surface area contributed by atoms with Gasteiger partial charge in [-0.25, -0.2) is 0 Å². The highest BCUT2D eigenvalue weighted by Gasteiger charge is 1.92. The summed E-state index contributed by atoms with van der Waals surface area (Å²) in [6.45, 7) is 0. The third-order valence-electron chi connectivity index (χ3n) is 2.00. The van der Waals surface area contributed by atoms with E-state index in [0.29, 0.717) is 0 Å². The first-order chi connectivity index (χ1) is 6.40. The van der Waals surface area contributed by atoms with Gasteiger partial charge in [-0.1, -0.05) is 36.4 Å². The van der Waals surface area contributed by atoms with Gasteiger partial charge in [0.1, 0.15) is 0 Å². The summed E-state index contributed by atoms with van der Waals surface area (Å²) in [7, 11) is 0. The van der Waals surface area contributed by atoms with Crippen LogP contribution < -0.4 is 5.84 Å². The molecule has 0 fully saturated rings. The van der Waals surface area contributed by atoms with Crippen LogP contribution in [0.1, 0.15) is 5.56 Å². The van der Waals surface area contributed by atoms with Crippen LogP contribution in [0, 0.1) is 0 Å². The first-order valence-electron chi connectivity index (χ1n) is 4.12. The third-order valence-corrected chi connectivity index (χ3v) is 2.00. The maximum absolute atomic E-state index is 5.07. The maximum Gasteiger partial charge on any atom is 0.0538 e. The second-order valence-electron chi connectivity index (χ2n) is 2.88. The largest absolute Gasteiger partial charge is 0.323 e. The maximum atomic E-state index is 5.07. The van der Waals surface area contributed by atoms with Crippen molar-refractivity contribution in [1.29, 1.82) is 0 Å². The van der Waals surface area contributed by atoms with Gasteiger partial charge >= 0.3 is 0 Å². The van der Waals surface area contributed by atoms with Gasteiger partial charge in [-0.15, -0.1) is 0 Å². The Kier molecular flexibility index (Phi) is 1.96. The summed E-state index contributed by atoms with van der Waals surface area (Å²) in [6, 6.07) is 14.3. The molecule has 0 saturated heterocycles. The molecule has 13 heavy (non-hydrogen) atoms. The summed E-state index contributed by atoms with van der Waals surface area (Å²) in [6.07, 6.45) is 1.65. The van der Waals surface area contributed by atoms with Gasteiger partial charge in [-0.05, 0) is 22.4 Å². The summed E-state index contributed by atoms with van der Waals surface area (Å²) >= 11 is 0. The molecule has 0 amide bonds. The van der Waals surface area contributed by atoms with E-state index < -0.39 is 0 Å². The molecule has 0 unspecified atom stereocenters. The molecule has 0 radical (unpaired) electrons. The Balaban J connectivity index is 2.62. The van der Waals surface area contributed by atoms with Gasteiger partial charge in [0.2, 0.25) is 0 Å². The predicted molar refractivity (Wildman–Crippen MR) is 55.7 cm³/mol. The van der Waals surface area contributed by atoms with E-state index in [9.17, 15) is 0 Å². The number of nitrogens with two attached hydrogens (primary N) is 1. The van der Waals surface area contributed by atoms with Crippen molar-refractivity contribution in [1.82, 2.24) is 0 Å². The van der Waals surface area contributed by atoms with Crippen LogP contribution in [0.5, 0.6) is 0 Å². The number of rotatable bonds is 1. The van der Waals surface area contributed by atoms with Gasteiger partial charge in [-0.3, -0.25) is 0 Å². The molecule has 0 spiro atoms. The molecule has 2 heteroatoms. The van der Waals surface area contributed by atoms with Crippen molar-refractivity contribution >= 4 is 17.0 Å². The molecule has 0 aliphatic heterocycles. The second kappa shape index (κ2) is 3.27. The molecule has 2 N–H and O–H groups in total. The molecule has 0 aliphatic carbocycles. The van der Waals surface area contributed by atoms with Gasteiger partial charge in [0, 0.05) is 0 Å². The fraction of sp³-hybridized carbons (Fsp3) is 0. The minimum atomic E-state index is 1.03. The van der Waals surface area contributed by atoms with Crippen molar-refractivity contribution in [3.05, 3.63) is 48.0 Å². The summed E-state index contributed by atoms with van der Waals surface area (Å²) in [5, 5.41) is 5.93. The minimum Gasteiger partial charge on any atom is -0.323 e. The van der Waals surface area contributed by atoms with Gasteiger partial charge in [0.25, 0.3) is 0 Å². The van der Waals surface area contributed by atoms with Crippen molar-refractivity contribution in [3.8, 4) is 0 Å². The van der Waals surface area contributed by atoms with Crippen LogP contribution in [0.2, 0.25) is 0 Å². The van der Waals surface area contributed by atoms with Crippen LogP contribution in [-0.2, 0) is 0 Å². The van der Waals surface area contributed by atoms with Crippen LogP contribution in [0.3, 0.4) is 0 Å². The Morgan fingerprint density at radius 3 is 2.54 bits per heavy atom. The van der Waals surface area contributed by atoms with Crippen molar-refractivity contribution in [2.75, 3.05) is 0 Å². The first-order valence-corrected chi connectivity index (χ1v) is 4.12. The van der Waals surface area contributed by atoms with E-state index in [1.807, 2.05) is 18.2 Å². The second-order valence-corrected chi connectivity index (χ2v) is 2.88. The number of hydrogen-bond acceptors (Lipinski definition) is 2. The standard InChI is InChI=1S/C11H10N2/c12-13-8-9-5-6-10-3-1-2-4-11(10)7-9/h1-8H,12H2/b13-8+. The van der Waals surface area contributed by atoms with Crippen LogP contribution in [-0.4, -0.2) is 6.21 Å². The van der Waals surface area contributed by atoms with Gasteiger partial charge < -0.3 is 5.84 Å². The smallest absolute Gasteiger partial charge is 0.0538 e. The third kappa shape index (κ3) is 1.51. The van der Waals surface area contributed by atoms with Crippen LogP contribution >= 0.6 is 0 Å². The average molecular weight is 170 g/mol. The first kappa shape index (κ1) is 7.80. The van der Waals surface area contributed by atoms with E-state index in [1.54, 1.807) is 6.21 Å². The Hall–Kier alpha value is -1.83. The van der Waals surface area contributed by atoms with E-state index in [2.05, 4.69) is 29.4 Å². The molecule has 2 aromatic carbocycles. The summed E-state index contributed by atoms with van der Waals surface area (Å²) in [5.74, 6) is 5.07. The number of nitrogens with zero attached hydrogens (tertiary/aromatic N) is 1. The topological polar surface area (TPSA) is 38.4 Å². The number of hydrazone groups is 1. The van der Waals surface area contributed by atoms with Gasteiger partial charge in [0.15, 0.2) is 0 Å². The highest BCUT2D eigenvalue weighted by molar-refractivity contribution is 5.90.